The van der Waals surface area contributed by atoms with Gasteiger partial charge < -0.3 is 10.6 Å². The van der Waals surface area contributed by atoms with Gasteiger partial charge in [-0.1, -0.05) is 30.3 Å². The number of rotatable bonds is 6. The molecule has 0 bridgehead atoms. The number of carbonyl (C=O) groups excluding carboxylic acids is 2. The van der Waals surface area contributed by atoms with E-state index in [-0.39, 0.29) is 23.3 Å². The van der Waals surface area contributed by atoms with E-state index in [0.717, 1.165) is 15.8 Å². The van der Waals surface area contributed by atoms with Crippen LogP contribution >= 0.6 is 27.7 Å². The second-order valence-electron chi connectivity index (χ2n) is 4.44. The number of hydrogen-bond acceptors (Lipinski definition) is 3. The quantitative estimate of drug-likeness (QED) is 0.804. The molecule has 6 heteroatoms. The zero-order chi connectivity index (χ0) is 15.8. The summed E-state index contributed by atoms with van der Waals surface area (Å²) < 4.78 is 0.829. The van der Waals surface area contributed by atoms with E-state index in [9.17, 15) is 9.59 Å². The summed E-state index contributed by atoms with van der Waals surface area (Å²) in [6.07, 6.45) is 0. The molecule has 4 nitrogen and oxygen atoms in total. The van der Waals surface area contributed by atoms with E-state index in [1.165, 1.54) is 11.8 Å². The molecule has 2 rings (SSSR count). The fraction of sp³-hybridized carbons (Fsp3) is 0.125. The van der Waals surface area contributed by atoms with Gasteiger partial charge in [-0.05, 0) is 40.2 Å². The van der Waals surface area contributed by atoms with E-state index in [1.54, 1.807) is 0 Å². The second kappa shape index (κ2) is 8.60. The molecule has 0 spiro atoms. The second-order valence-corrected chi connectivity index (χ2v) is 6.27. The van der Waals surface area contributed by atoms with Crippen LogP contribution in [0.15, 0.2) is 59.1 Å². The van der Waals surface area contributed by atoms with Crippen LogP contribution in [0.3, 0.4) is 0 Å². The summed E-state index contributed by atoms with van der Waals surface area (Å²) in [5, 5.41) is 5.57. The third-order valence-electron chi connectivity index (χ3n) is 2.67. The number of nitrogens with one attached hydrogen (secondary N) is 2. The van der Waals surface area contributed by atoms with Crippen molar-refractivity contribution in [3.05, 3.63) is 59.1 Å². The molecule has 2 N–H and O–H groups in total. The molecule has 0 fully saturated rings. The van der Waals surface area contributed by atoms with E-state index in [2.05, 4.69) is 26.6 Å². The summed E-state index contributed by atoms with van der Waals surface area (Å²) in [5.41, 5.74) is 1.48. The molecule has 0 aromatic heterocycles. The molecule has 2 aromatic carbocycles. The molecule has 2 amide bonds. The van der Waals surface area contributed by atoms with E-state index in [4.69, 9.17) is 0 Å². The third kappa shape index (κ3) is 5.54. The Morgan fingerprint density at radius 2 is 1.45 bits per heavy atom. The van der Waals surface area contributed by atoms with Gasteiger partial charge in [-0.15, -0.1) is 11.8 Å². The number of carbonyl (C=O) groups is 2. The lowest BCUT2D eigenvalue weighted by atomic mass is 10.3. The van der Waals surface area contributed by atoms with Crippen molar-refractivity contribution in [2.45, 2.75) is 0 Å². The smallest absolute Gasteiger partial charge is 0.234 e. The maximum absolute atomic E-state index is 11.8. The Labute approximate surface area is 141 Å². The molecule has 0 aliphatic carbocycles. The van der Waals surface area contributed by atoms with Gasteiger partial charge in [0.05, 0.1) is 17.2 Å². The topological polar surface area (TPSA) is 58.2 Å². The van der Waals surface area contributed by atoms with Crippen molar-refractivity contribution >= 4 is 50.9 Å². The average Bonchev–Trinajstić information content (AvgIpc) is 2.50. The maximum atomic E-state index is 11.8. The van der Waals surface area contributed by atoms with Gasteiger partial charge in [0.25, 0.3) is 0 Å². The van der Waals surface area contributed by atoms with Crippen molar-refractivity contribution in [3.63, 3.8) is 0 Å². The predicted molar refractivity (Wildman–Crippen MR) is 95.2 cm³/mol. The summed E-state index contributed by atoms with van der Waals surface area (Å²) >= 11 is 4.64. The molecular weight excluding hydrogens is 364 g/mol. The minimum absolute atomic E-state index is 0.120. The lowest BCUT2D eigenvalue weighted by Crippen LogP contribution is -2.18. The Bertz CT molecular complexity index is 650. The van der Waals surface area contributed by atoms with Crippen molar-refractivity contribution < 1.29 is 9.59 Å². The highest BCUT2D eigenvalue weighted by Gasteiger charge is 2.07. The van der Waals surface area contributed by atoms with E-state index < -0.39 is 0 Å². The summed E-state index contributed by atoms with van der Waals surface area (Å²) in [7, 11) is 0. The van der Waals surface area contributed by atoms with Crippen molar-refractivity contribution in [2.75, 3.05) is 22.1 Å². The Kier molecular flexibility index (Phi) is 6.48. The van der Waals surface area contributed by atoms with Crippen molar-refractivity contribution in [1.82, 2.24) is 0 Å². The Balaban J connectivity index is 1.71. The summed E-state index contributed by atoms with van der Waals surface area (Å²) in [5.74, 6) is 0.205. The van der Waals surface area contributed by atoms with Crippen LogP contribution in [0.25, 0.3) is 0 Å². The first-order valence-corrected chi connectivity index (χ1v) is 8.57. The molecule has 0 aliphatic heterocycles. The van der Waals surface area contributed by atoms with Crippen LogP contribution in [0.1, 0.15) is 0 Å². The molecule has 22 heavy (non-hydrogen) atoms. The van der Waals surface area contributed by atoms with Crippen LogP contribution in [0, 0.1) is 0 Å². The van der Waals surface area contributed by atoms with Crippen LogP contribution < -0.4 is 10.6 Å². The van der Waals surface area contributed by atoms with Gasteiger partial charge in [-0.2, -0.15) is 0 Å². The first-order chi connectivity index (χ1) is 10.6. The Morgan fingerprint density at radius 1 is 0.864 bits per heavy atom. The van der Waals surface area contributed by atoms with Gasteiger partial charge in [0.1, 0.15) is 0 Å². The number of para-hydroxylation sites is 2. The van der Waals surface area contributed by atoms with Crippen LogP contribution in [-0.2, 0) is 9.59 Å². The van der Waals surface area contributed by atoms with Gasteiger partial charge in [-0.25, -0.2) is 0 Å². The first-order valence-electron chi connectivity index (χ1n) is 6.62. The van der Waals surface area contributed by atoms with Crippen LogP contribution in [0.4, 0.5) is 11.4 Å². The zero-order valence-electron chi connectivity index (χ0n) is 11.7. The number of thioether (sulfide) groups is 1. The molecule has 114 valence electrons. The maximum Gasteiger partial charge on any atom is 0.234 e. The minimum Gasteiger partial charge on any atom is -0.325 e. The normalized spacial score (nSPS) is 10.0. The van der Waals surface area contributed by atoms with Gasteiger partial charge in [-0.3, -0.25) is 9.59 Å². The van der Waals surface area contributed by atoms with Gasteiger partial charge in [0.15, 0.2) is 0 Å². The highest BCUT2D eigenvalue weighted by atomic mass is 79.9. The monoisotopic (exact) mass is 378 g/mol. The van der Waals surface area contributed by atoms with Crippen LogP contribution in [0.2, 0.25) is 0 Å². The largest absolute Gasteiger partial charge is 0.325 e. The lowest BCUT2D eigenvalue weighted by molar-refractivity contribution is -0.114. The minimum atomic E-state index is -0.135. The standard InChI is InChI=1S/C16H15BrN2O2S/c17-13-8-4-5-9-14(13)19-16(21)11-22-10-15(20)18-12-6-2-1-3-7-12/h1-9H,10-11H2,(H,18,20)(H,19,21). The number of hydrogen-bond donors (Lipinski definition) is 2. The molecule has 0 heterocycles. The molecule has 0 saturated carbocycles. The Hall–Kier alpha value is -1.79. The SMILES string of the molecule is O=C(CSCC(=O)Nc1ccccc1Br)Nc1ccccc1. The molecule has 0 unspecified atom stereocenters. The fourth-order valence-corrected chi connectivity index (χ4v) is 2.70. The van der Waals surface area contributed by atoms with Crippen molar-refractivity contribution in [2.24, 2.45) is 0 Å². The first kappa shape index (κ1) is 16.6. The van der Waals surface area contributed by atoms with E-state index in [1.807, 2.05) is 54.6 Å². The lowest BCUT2D eigenvalue weighted by Gasteiger charge is -2.07. The molecule has 0 aliphatic rings. The molecule has 2 aromatic rings. The third-order valence-corrected chi connectivity index (χ3v) is 4.30. The van der Waals surface area contributed by atoms with Gasteiger partial charge >= 0.3 is 0 Å². The number of anilines is 2. The predicted octanol–water partition coefficient (Wildman–Crippen LogP) is 3.76. The Morgan fingerprint density at radius 3 is 2.14 bits per heavy atom. The number of benzene rings is 2. The number of halogens is 1. The van der Waals surface area contributed by atoms with E-state index >= 15 is 0 Å². The van der Waals surface area contributed by atoms with Crippen molar-refractivity contribution in [3.8, 4) is 0 Å². The highest BCUT2D eigenvalue weighted by Crippen LogP contribution is 2.21. The van der Waals surface area contributed by atoms with Crippen LogP contribution in [-0.4, -0.2) is 23.3 Å². The zero-order valence-corrected chi connectivity index (χ0v) is 14.1. The van der Waals surface area contributed by atoms with E-state index in [0.29, 0.717) is 0 Å². The highest BCUT2D eigenvalue weighted by molar-refractivity contribution is 9.10. The summed E-state index contributed by atoms with van der Waals surface area (Å²) in [4.78, 5) is 23.6. The molecule has 0 saturated heterocycles. The molecule has 0 atom stereocenters. The van der Waals surface area contributed by atoms with Gasteiger partial charge in [0, 0.05) is 10.2 Å². The fourth-order valence-electron chi connectivity index (χ4n) is 1.70. The summed E-state index contributed by atoms with van der Waals surface area (Å²) in [6.45, 7) is 0. The number of amides is 2. The molecule has 0 radical (unpaired) electrons. The van der Waals surface area contributed by atoms with Gasteiger partial charge in [0.2, 0.25) is 11.8 Å². The summed E-state index contributed by atoms with van der Waals surface area (Å²) in [6, 6.07) is 16.6. The average molecular weight is 379 g/mol. The van der Waals surface area contributed by atoms with Crippen molar-refractivity contribution in [1.29, 1.82) is 0 Å². The van der Waals surface area contributed by atoms with Crippen LogP contribution in [0.5, 0.6) is 0 Å². The molecular formula is C16H15BrN2O2S.